The van der Waals surface area contributed by atoms with Crippen molar-refractivity contribution in [3.63, 3.8) is 0 Å². The predicted octanol–water partition coefficient (Wildman–Crippen LogP) is 4.62. The second-order valence-corrected chi connectivity index (χ2v) is 9.81. The summed E-state index contributed by atoms with van der Waals surface area (Å²) in [7, 11) is 1.64. The number of benzene rings is 2. The molecule has 0 aliphatic carbocycles. The number of aryl methyl sites for hydroxylation is 1. The minimum atomic E-state index is -0.157. The SMILES string of the molecule is COc1ccc(-c2cccc3c2/C(=C/c2[nH]c(C)c(C(=O)N4C[C@@H](C)N[C@H](C)C4)c2C)C(=O)N3)cc1. The second-order valence-electron chi connectivity index (χ2n) is 9.81. The Morgan fingerprint density at radius 1 is 1.06 bits per heavy atom. The number of nitrogens with one attached hydrogen (secondary N) is 3. The summed E-state index contributed by atoms with van der Waals surface area (Å²) in [6, 6.07) is 14.2. The van der Waals surface area contributed by atoms with Gasteiger partial charge in [0, 0.05) is 47.8 Å². The van der Waals surface area contributed by atoms with E-state index in [0.29, 0.717) is 24.2 Å². The number of amides is 2. The minimum Gasteiger partial charge on any atom is -0.497 e. The number of piperazine rings is 1. The Bertz CT molecular complexity index is 1360. The molecule has 3 aromatic rings. The summed E-state index contributed by atoms with van der Waals surface area (Å²) >= 11 is 0. The van der Waals surface area contributed by atoms with Gasteiger partial charge in [-0.3, -0.25) is 9.59 Å². The fraction of sp³-hybridized carbons (Fsp3) is 0.310. The van der Waals surface area contributed by atoms with Gasteiger partial charge in [0.2, 0.25) is 0 Å². The van der Waals surface area contributed by atoms with E-state index in [4.69, 9.17) is 4.74 Å². The summed E-state index contributed by atoms with van der Waals surface area (Å²) < 4.78 is 5.30. The molecule has 2 atom stereocenters. The summed E-state index contributed by atoms with van der Waals surface area (Å²) in [6.07, 6.45) is 1.87. The van der Waals surface area contributed by atoms with Gasteiger partial charge < -0.3 is 25.3 Å². The van der Waals surface area contributed by atoms with Gasteiger partial charge in [0.05, 0.1) is 18.2 Å². The molecule has 1 aromatic heterocycles. The van der Waals surface area contributed by atoms with Crippen LogP contribution in [0.15, 0.2) is 42.5 Å². The molecule has 0 saturated carbocycles. The van der Waals surface area contributed by atoms with Crippen molar-refractivity contribution >= 4 is 29.2 Å². The molecular formula is C29H32N4O3. The Labute approximate surface area is 211 Å². The lowest BCUT2D eigenvalue weighted by molar-refractivity contribution is -0.110. The Morgan fingerprint density at radius 2 is 1.75 bits per heavy atom. The third-order valence-corrected chi connectivity index (χ3v) is 7.05. The van der Waals surface area contributed by atoms with Crippen LogP contribution in [-0.4, -0.2) is 54.0 Å². The molecule has 0 radical (unpaired) electrons. The molecule has 7 nitrogen and oxygen atoms in total. The highest BCUT2D eigenvalue weighted by molar-refractivity contribution is 6.36. The van der Waals surface area contributed by atoms with Gasteiger partial charge in [-0.2, -0.15) is 0 Å². The molecular weight excluding hydrogens is 452 g/mol. The first-order valence-electron chi connectivity index (χ1n) is 12.3. The molecule has 0 unspecified atom stereocenters. The van der Waals surface area contributed by atoms with Crippen LogP contribution in [-0.2, 0) is 4.79 Å². The van der Waals surface area contributed by atoms with Gasteiger partial charge in [0.1, 0.15) is 5.75 Å². The third kappa shape index (κ3) is 4.20. The molecule has 0 bridgehead atoms. The maximum absolute atomic E-state index is 13.5. The number of hydrogen-bond donors (Lipinski definition) is 3. The van der Waals surface area contributed by atoms with E-state index in [0.717, 1.165) is 45.1 Å². The number of hydrogen-bond acceptors (Lipinski definition) is 4. The number of carbonyl (C=O) groups excluding carboxylic acids is 2. The van der Waals surface area contributed by atoms with E-state index in [9.17, 15) is 9.59 Å². The van der Waals surface area contributed by atoms with Crippen LogP contribution in [0.5, 0.6) is 5.75 Å². The number of aromatic nitrogens is 1. The molecule has 186 valence electrons. The quantitative estimate of drug-likeness (QED) is 0.472. The van der Waals surface area contributed by atoms with Crippen LogP contribution in [0, 0.1) is 13.8 Å². The van der Waals surface area contributed by atoms with Crippen LogP contribution in [0.25, 0.3) is 22.8 Å². The van der Waals surface area contributed by atoms with Crippen molar-refractivity contribution in [3.8, 4) is 16.9 Å². The lowest BCUT2D eigenvalue weighted by atomic mass is 9.94. The summed E-state index contributed by atoms with van der Waals surface area (Å²) in [5.74, 6) is 0.649. The zero-order chi connectivity index (χ0) is 25.6. The van der Waals surface area contributed by atoms with Crippen molar-refractivity contribution in [2.24, 2.45) is 0 Å². The van der Waals surface area contributed by atoms with Crippen molar-refractivity contribution in [2.45, 2.75) is 39.8 Å². The van der Waals surface area contributed by atoms with Gasteiger partial charge >= 0.3 is 0 Å². The zero-order valence-electron chi connectivity index (χ0n) is 21.4. The van der Waals surface area contributed by atoms with Crippen LogP contribution < -0.4 is 15.4 Å². The maximum atomic E-state index is 13.5. The Balaban J connectivity index is 1.54. The summed E-state index contributed by atoms with van der Waals surface area (Å²) in [6.45, 7) is 9.40. The molecule has 36 heavy (non-hydrogen) atoms. The fourth-order valence-electron chi connectivity index (χ4n) is 5.43. The number of anilines is 1. The number of nitrogens with zero attached hydrogens (tertiary/aromatic N) is 1. The van der Waals surface area contributed by atoms with Crippen LogP contribution in [0.2, 0.25) is 0 Å². The van der Waals surface area contributed by atoms with Gasteiger partial charge in [-0.05, 0) is 68.7 Å². The van der Waals surface area contributed by atoms with Crippen LogP contribution in [0.1, 0.15) is 46.7 Å². The molecule has 7 heteroatoms. The van der Waals surface area contributed by atoms with Crippen LogP contribution >= 0.6 is 0 Å². The van der Waals surface area contributed by atoms with Gasteiger partial charge in [0.15, 0.2) is 0 Å². The van der Waals surface area contributed by atoms with E-state index >= 15 is 0 Å². The molecule has 3 N–H and O–H groups in total. The third-order valence-electron chi connectivity index (χ3n) is 7.05. The zero-order valence-corrected chi connectivity index (χ0v) is 21.4. The first-order valence-corrected chi connectivity index (χ1v) is 12.3. The first-order chi connectivity index (χ1) is 17.3. The van der Waals surface area contributed by atoms with E-state index in [1.807, 2.05) is 67.3 Å². The van der Waals surface area contributed by atoms with Crippen molar-refractivity contribution in [3.05, 3.63) is 70.5 Å². The van der Waals surface area contributed by atoms with E-state index in [-0.39, 0.29) is 23.9 Å². The van der Waals surface area contributed by atoms with Crippen LogP contribution in [0.4, 0.5) is 5.69 Å². The molecule has 2 aromatic carbocycles. The van der Waals surface area contributed by atoms with E-state index < -0.39 is 0 Å². The van der Waals surface area contributed by atoms with Gasteiger partial charge in [-0.15, -0.1) is 0 Å². The Morgan fingerprint density at radius 3 is 2.42 bits per heavy atom. The van der Waals surface area contributed by atoms with E-state index in [1.165, 1.54) is 0 Å². The number of H-pyrrole nitrogens is 1. The molecule has 1 saturated heterocycles. The van der Waals surface area contributed by atoms with Gasteiger partial charge in [-0.25, -0.2) is 0 Å². The maximum Gasteiger partial charge on any atom is 0.256 e. The number of aromatic amines is 1. The first kappa shape index (κ1) is 23.9. The largest absolute Gasteiger partial charge is 0.497 e. The molecule has 2 aliphatic heterocycles. The minimum absolute atomic E-state index is 0.0290. The normalized spacial score (nSPS) is 20.4. The van der Waals surface area contributed by atoms with Gasteiger partial charge in [-0.1, -0.05) is 24.3 Å². The molecule has 3 heterocycles. The summed E-state index contributed by atoms with van der Waals surface area (Å²) in [5.41, 5.74) is 7.28. The standard InChI is InChI=1S/C29H32N4O3/c1-16-14-33(15-17(2)30-16)29(35)26-18(3)25(31-19(26)4)13-23-27-22(7-6-8-24(27)32-28(23)34)20-9-11-21(36-5)12-10-20/h6-13,16-17,30-31H,14-15H2,1-5H3,(H,32,34)/b23-13-/t16-,17-/m1/s1. The topological polar surface area (TPSA) is 86.5 Å². The molecule has 2 aliphatic rings. The smallest absolute Gasteiger partial charge is 0.256 e. The number of methoxy groups -OCH3 is 1. The molecule has 5 rings (SSSR count). The van der Waals surface area contributed by atoms with Crippen molar-refractivity contribution < 1.29 is 14.3 Å². The number of ether oxygens (including phenoxy) is 1. The van der Waals surface area contributed by atoms with Crippen molar-refractivity contribution in [1.82, 2.24) is 15.2 Å². The van der Waals surface area contributed by atoms with Crippen LogP contribution in [0.3, 0.4) is 0 Å². The monoisotopic (exact) mass is 484 g/mol. The van der Waals surface area contributed by atoms with E-state index in [1.54, 1.807) is 7.11 Å². The lowest BCUT2D eigenvalue weighted by Gasteiger charge is -2.36. The number of fused-ring (bicyclic) bond motifs is 1. The summed E-state index contributed by atoms with van der Waals surface area (Å²) in [5, 5.41) is 6.47. The Hall–Kier alpha value is -3.84. The van der Waals surface area contributed by atoms with Crippen molar-refractivity contribution in [1.29, 1.82) is 0 Å². The highest BCUT2D eigenvalue weighted by atomic mass is 16.5. The average Bonchev–Trinajstić information content (AvgIpc) is 3.32. The van der Waals surface area contributed by atoms with Crippen molar-refractivity contribution in [2.75, 3.05) is 25.5 Å². The lowest BCUT2D eigenvalue weighted by Crippen LogP contribution is -2.55. The fourth-order valence-corrected chi connectivity index (χ4v) is 5.43. The Kier molecular flexibility index (Phi) is 6.18. The predicted molar refractivity (Wildman–Crippen MR) is 143 cm³/mol. The van der Waals surface area contributed by atoms with E-state index in [2.05, 4.69) is 29.5 Å². The highest BCUT2D eigenvalue weighted by Crippen LogP contribution is 2.41. The molecule has 0 spiro atoms. The highest BCUT2D eigenvalue weighted by Gasteiger charge is 2.31. The molecule has 1 fully saturated rings. The molecule has 2 amide bonds. The summed E-state index contributed by atoms with van der Waals surface area (Å²) in [4.78, 5) is 31.9. The van der Waals surface area contributed by atoms with Gasteiger partial charge in [0.25, 0.3) is 11.8 Å². The number of rotatable bonds is 4. The second kappa shape index (κ2) is 9.32. The average molecular weight is 485 g/mol. The number of carbonyl (C=O) groups is 2.